The maximum atomic E-state index is 6.13. The first-order valence-corrected chi connectivity index (χ1v) is 6.68. The molecule has 2 heterocycles. The van der Waals surface area contributed by atoms with Crippen LogP contribution in [-0.4, -0.2) is 37.3 Å². The summed E-state index contributed by atoms with van der Waals surface area (Å²) in [5.74, 6) is 0.978. The fourth-order valence-corrected chi connectivity index (χ4v) is 2.48. The summed E-state index contributed by atoms with van der Waals surface area (Å²) < 4.78 is 5.73. The molecule has 1 aliphatic rings. The number of ether oxygens (including phenoxy) is 1. The minimum absolute atomic E-state index is 0.235. The number of halogens is 1. The zero-order valence-corrected chi connectivity index (χ0v) is 11.9. The second-order valence-corrected chi connectivity index (χ2v) is 5.20. The molecule has 0 saturated carbocycles. The van der Waals surface area contributed by atoms with E-state index < -0.39 is 0 Å². The second kappa shape index (κ2) is 5.87. The molecular formula is C13H20ClN3O. The van der Waals surface area contributed by atoms with Crippen LogP contribution in [0.5, 0.6) is 0 Å². The number of rotatable bonds is 3. The summed E-state index contributed by atoms with van der Waals surface area (Å²) >= 11 is 6.13. The van der Waals surface area contributed by atoms with Crippen molar-refractivity contribution in [2.75, 3.05) is 25.0 Å². The molecule has 2 rings (SSSR count). The van der Waals surface area contributed by atoms with E-state index in [1.165, 1.54) is 0 Å². The summed E-state index contributed by atoms with van der Waals surface area (Å²) in [4.78, 5) is 6.89. The third kappa shape index (κ3) is 3.13. The van der Waals surface area contributed by atoms with Gasteiger partial charge in [0, 0.05) is 19.6 Å². The SMILES string of the molecule is CNCc1nc(N2C[C@@H](C)O[C@@H](C)C2)ccc1Cl. The quantitative estimate of drug-likeness (QED) is 0.912. The Morgan fingerprint density at radius 2 is 2.06 bits per heavy atom. The van der Waals surface area contributed by atoms with E-state index in [0.29, 0.717) is 11.6 Å². The van der Waals surface area contributed by atoms with Crippen LogP contribution in [0.1, 0.15) is 19.5 Å². The Morgan fingerprint density at radius 1 is 1.39 bits per heavy atom. The molecule has 0 radical (unpaired) electrons. The Kier molecular flexibility index (Phi) is 4.43. The molecule has 1 aliphatic heterocycles. The van der Waals surface area contributed by atoms with E-state index in [2.05, 4.69) is 29.0 Å². The van der Waals surface area contributed by atoms with Crippen molar-refractivity contribution in [2.45, 2.75) is 32.6 Å². The highest BCUT2D eigenvalue weighted by Crippen LogP contribution is 2.22. The van der Waals surface area contributed by atoms with Crippen molar-refractivity contribution in [1.82, 2.24) is 10.3 Å². The van der Waals surface area contributed by atoms with Gasteiger partial charge in [0.25, 0.3) is 0 Å². The van der Waals surface area contributed by atoms with Crippen LogP contribution in [0.15, 0.2) is 12.1 Å². The molecule has 2 atom stereocenters. The number of hydrogen-bond acceptors (Lipinski definition) is 4. The Bertz CT molecular complexity index is 403. The molecule has 0 unspecified atom stereocenters. The highest BCUT2D eigenvalue weighted by molar-refractivity contribution is 6.31. The molecular weight excluding hydrogens is 250 g/mol. The minimum Gasteiger partial charge on any atom is -0.372 e. The predicted molar refractivity (Wildman–Crippen MR) is 74.2 cm³/mol. The lowest BCUT2D eigenvalue weighted by Crippen LogP contribution is -2.45. The Balaban J connectivity index is 2.19. The smallest absolute Gasteiger partial charge is 0.129 e. The van der Waals surface area contributed by atoms with E-state index in [0.717, 1.165) is 24.6 Å². The Hall–Kier alpha value is -0.840. The normalized spacial score (nSPS) is 24.3. The van der Waals surface area contributed by atoms with E-state index >= 15 is 0 Å². The van der Waals surface area contributed by atoms with Crippen molar-refractivity contribution < 1.29 is 4.74 Å². The van der Waals surface area contributed by atoms with Crippen LogP contribution in [0.2, 0.25) is 5.02 Å². The van der Waals surface area contributed by atoms with Gasteiger partial charge in [-0.2, -0.15) is 0 Å². The first-order valence-electron chi connectivity index (χ1n) is 6.30. The van der Waals surface area contributed by atoms with Gasteiger partial charge in [-0.15, -0.1) is 0 Å². The van der Waals surface area contributed by atoms with Gasteiger partial charge in [0.15, 0.2) is 0 Å². The van der Waals surface area contributed by atoms with Gasteiger partial charge in [0.1, 0.15) is 5.82 Å². The first kappa shape index (κ1) is 13.6. The molecule has 0 spiro atoms. The zero-order valence-electron chi connectivity index (χ0n) is 11.1. The Labute approximate surface area is 113 Å². The summed E-state index contributed by atoms with van der Waals surface area (Å²) in [6.45, 7) is 6.61. The van der Waals surface area contributed by atoms with Crippen LogP contribution >= 0.6 is 11.6 Å². The van der Waals surface area contributed by atoms with Crippen LogP contribution in [0.3, 0.4) is 0 Å². The van der Waals surface area contributed by atoms with Crippen LogP contribution in [-0.2, 0) is 11.3 Å². The second-order valence-electron chi connectivity index (χ2n) is 4.79. The first-order chi connectivity index (χ1) is 8.60. The molecule has 5 heteroatoms. The summed E-state index contributed by atoms with van der Waals surface area (Å²) in [7, 11) is 1.89. The van der Waals surface area contributed by atoms with Crippen molar-refractivity contribution >= 4 is 17.4 Å². The van der Waals surface area contributed by atoms with Gasteiger partial charge in [-0.25, -0.2) is 4.98 Å². The molecule has 1 aromatic heterocycles. The zero-order chi connectivity index (χ0) is 13.1. The molecule has 0 bridgehead atoms. The highest BCUT2D eigenvalue weighted by atomic mass is 35.5. The topological polar surface area (TPSA) is 37.4 Å². The lowest BCUT2D eigenvalue weighted by atomic mass is 10.2. The largest absolute Gasteiger partial charge is 0.372 e. The fraction of sp³-hybridized carbons (Fsp3) is 0.615. The van der Waals surface area contributed by atoms with Crippen LogP contribution in [0.4, 0.5) is 5.82 Å². The molecule has 0 aliphatic carbocycles. The molecule has 1 N–H and O–H groups in total. The molecule has 0 amide bonds. The number of hydrogen-bond donors (Lipinski definition) is 1. The van der Waals surface area contributed by atoms with Crippen LogP contribution in [0.25, 0.3) is 0 Å². The third-order valence-corrected chi connectivity index (χ3v) is 3.34. The van der Waals surface area contributed by atoms with E-state index in [1.54, 1.807) is 0 Å². The van der Waals surface area contributed by atoms with Crippen molar-refractivity contribution in [3.8, 4) is 0 Å². The van der Waals surface area contributed by atoms with Gasteiger partial charge in [-0.1, -0.05) is 11.6 Å². The molecule has 1 saturated heterocycles. The van der Waals surface area contributed by atoms with E-state index in [4.69, 9.17) is 16.3 Å². The van der Waals surface area contributed by atoms with Crippen molar-refractivity contribution in [3.05, 3.63) is 22.8 Å². The number of nitrogens with zero attached hydrogens (tertiary/aromatic N) is 2. The number of pyridine rings is 1. The third-order valence-electron chi connectivity index (χ3n) is 2.99. The summed E-state index contributed by atoms with van der Waals surface area (Å²) in [5.41, 5.74) is 0.892. The van der Waals surface area contributed by atoms with E-state index in [1.807, 2.05) is 19.2 Å². The van der Waals surface area contributed by atoms with Crippen molar-refractivity contribution in [2.24, 2.45) is 0 Å². The molecule has 100 valence electrons. The molecule has 0 aromatic carbocycles. The van der Waals surface area contributed by atoms with Gasteiger partial charge in [0.05, 0.1) is 22.9 Å². The number of morpholine rings is 1. The standard InChI is InChI=1S/C13H20ClN3O/c1-9-7-17(8-10(2)18-9)13-5-4-11(14)12(16-13)6-15-3/h4-5,9-10,15H,6-8H2,1-3H3/t9-,10+. The lowest BCUT2D eigenvalue weighted by Gasteiger charge is -2.36. The average Bonchev–Trinajstić information content (AvgIpc) is 2.31. The maximum Gasteiger partial charge on any atom is 0.129 e. The Morgan fingerprint density at radius 3 is 2.67 bits per heavy atom. The lowest BCUT2D eigenvalue weighted by molar-refractivity contribution is -0.00546. The molecule has 4 nitrogen and oxygen atoms in total. The minimum atomic E-state index is 0.235. The van der Waals surface area contributed by atoms with Crippen LogP contribution in [0, 0.1) is 0 Å². The fourth-order valence-electron chi connectivity index (χ4n) is 2.31. The molecule has 18 heavy (non-hydrogen) atoms. The van der Waals surface area contributed by atoms with E-state index in [-0.39, 0.29) is 12.2 Å². The van der Waals surface area contributed by atoms with Gasteiger partial charge >= 0.3 is 0 Å². The highest BCUT2D eigenvalue weighted by Gasteiger charge is 2.23. The maximum absolute atomic E-state index is 6.13. The summed E-state index contributed by atoms with van der Waals surface area (Å²) in [5, 5.41) is 3.79. The number of aromatic nitrogens is 1. The summed E-state index contributed by atoms with van der Waals surface area (Å²) in [6, 6.07) is 3.90. The molecule has 1 aromatic rings. The molecule has 1 fully saturated rings. The predicted octanol–water partition coefficient (Wildman–Crippen LogP) is 2.07. The van der Waals surface area contributed by atoms with E-state index in [9.17, 15) is 0 Å². The van der Waals surface area contributed by atoms with Crippen molar-refractivity contribution in [3.63, 3.8) is 0 Å². The van der Waals surface area contributed by atoms with Gasteiger partial charge < -0.3 is 15.0 Å². The van der Waals surface area contributed by atoms with Crippen molar-refractivity contribution in [1.29, 1.82) is 0 Å². The monoisotopic (exact) mass is 269 g/mol. The van der Waals surface area contributed by atoms with Gasteiger partial charge in [0.2, 0.25) is 0 Å². The van der Waals surface area contributed by atoms with Gasteiger partial charge in [-0.05, 0) is 33.0 Å². The van der Waals surface area contributed by atoms with Crippen LogP contribution < -0.4 is 10.2 Å². The average molecular weight is 270 g/mol. The number of nitrogens with one attached hydrogen (secondary N) is 1. The number of anilines is 1. The van der Waals surface area contributed by atoms with Gasteiger partial charge in [-0.3, -0.25) is 0 Å². The summed E-state index contributed by atoms with van der Waals surface area (Å²) in [6.07, 6.45) is 0.470.